The van der Waals surface area contributed by atoms with Gasteiger partial charge in [0.15, 0.2) is 0 Å². The van der Waals surface area contributed by atoms with E-state index in [0.717, 1.165) is 16.8 Å². The van der Waals surface area contributed by atoms with Crippen LogP contribution in [0, 0.1) is 0 Å². The number of aromatic nitrogens is 1. The van der Waals surface area contributed by atoms with Gasteiger partial charge in [0.25, 0.3) is 0 Å². The minimum absolute atomic E-state index is 0.127. The van der Waals surface area contributed by atoms with Crippen LogP contribution in [0.15, 0.2) is 54.7 Å². The highest BCUT2D eigenvalue weighted by atomic mass is 16.5. The van der Waals surface area contributed by atoms with Gasteiger partial charge in [-0.1, -0.05) is 36.4 Å². The van der Waals surface area contributed by atoms with Crippen LogP contribution in [0.3, 0.4) is 0 Å². The Morgan fingerprint density at radius 3 is 2.60 bits per heavy atom. The number of rotatable bonds is 4. The normalized spacial score (nSPS) is 12.5. The molecule has 1 heterocycles. The zero-order valence-corrected chi connectivity index (χ0v) is 11.5. The van der Waals surface area contributed by atoms with Crippen molar-refractivity contribution >= 4 is 10.9 Å². The Balaban J connectivity index is 2.14. The van der Waals surface area contributed by atoms with E-state index in [2.05, 4.69) is 35.4 Å². The number of hydrogen-bond acceptors (Lipinski definition) is 2. The Morgan fingerprint density at radius 1 is 1.05 bits per heavy atom. The first kappa shape index (κ1) is 12.8. The van der Waals surface area contributed by atoms with Gasteiger partial charge in [0.1, 0.15) is 5.75 Å². The number of para-hydroxylation sites is 2. The van der Waals surface area contributed by atoms with Crippen molar-refractivity contribution in [1.29, 1.82) is 0 Å². The Kier molecular flexibility index (Phi) is 3.44. The van der Waals surface area contributed by atoms with Gasteiger partial charge in [0, 0.05) is 35.1 Å². The quantitative estimate of drug-likeness (QED) is 0.761. The molecule has 3 rings (SSSR count). The molecule has 0 saturated heterocycles. The molecule has 0 fully saturated rings. The van der Waals surface area contributed by atoms with Crippen LogP contribution in [0.1, 0.15) is 17.0 Å². The molecule has 1 atom stereocenters. The highest BCUT2D eigenvalue weighted by Crippen LogP contribution is 2.34. The number of hydrogen-bond donors (Lipinski definition) is 2. The molecule has 20 heavy (non-hydrogen) atoms. The molecule has 102 valence electrons. The van der Waals surface area contributed by atoms with Gasteiger partial charge in [-0.05, 0) is 17.7 Å². The summed E-state index contributed by atoms with van der Waals surface area (Å²) in [5.74, 6) is 1.01. The van der Waals surface area contributed by atoms with Gasteiger partial charge in [-0.25, -0.2) is 0 Å². The molecule has 0 aliphatic carbocycles. The maximum absolute atomic E-state index is 6.04. The first-order valence-corrected chi connectivity index (χ1v) is 6.74. The fourth-order valence-corrected chi connectivity index (χ4v) is 2.76. The van der Waals surface area contributed by atoms with Crippen molar-refractivity contribution in [1.82, 2.24) is 4.98 Å². The topological polar surface area (TPSA) is 51.0 Å². The van der Waals surface area contributed by atoms with Crippen molar-refractivity contribution in [2.24, 2.45) is 5.73 Å². The third-order valence-electron chi connectivity index (χ3n) is 3.75. The first-order valence-electron chi connectivity index (χ1n) is 6.74. The van der Waals surface area contributed by atoms with Crippen LogP contribution in [0.4, 0.5) is 0 Å². The molecule has 0 bridgehead atoms. The zero-order valence-electron chi connectivity index (χ0n) is 11.5. The van der Waals surface area contributed by atoms with Gasteiger partial charge in [-0.2, -0.15) is 0 Å². The number of ether oxygens (including phenoxy) is 1. The SMILES string of the molecule is COc1ccccc1[C@H](CN)c1c[nH]c2ccccc12. The second-order valence-electron chi connectivity index (χ2n) is 4.82. The van der Waals surface area contributed by atoms with Crippen molar-refractivity contribution in [3.63, 3.8) is 0 Å². The highest BCUT2D eigenvalue weighted by molar-refractivity contribution is 5.84. The average molecular weight is 266 g/mol. The number of fused-ring (bicyclic) bond motifs is 1. The standard InChI is InChI=1S/C17H18N2O/c1-20-17-9-5-3-7-13(17)14(10-18)15-11-19-16-8-4-2-6-12(15)16/h2-9,11,14,19H,10,18H2,1H3/t14-/m0/s1. The van der Waals surface area contributed by atoms with Crippen LogP contribution in [-0.2, 0) is 0 Å². The van der Waals surface area contributed by atoms with Crippen LogP contribution < -0.4 is 10.5 Å². The fourth-order valence-electron chi connectivity index (χ4n) is 2.76. The van der Waals surface area contributed by atoms with Crippen molar-refractivity contribution in [3.05, 3.63) is 65.9 Å². The number of nitrogens with one attached hydrogen (secondary N) is 1. The van der Waals surface area contributed by atoms with Crippen molar-refractivity contribution in [2.75, 3.05) is 13.7 Å². The van der Waals surface area contributed by atoms with Gasteiger partial charge in [0.05, 0.1) is 7.11 Å². The third-order valence-corrected chi connectivity index (χ3v) is 3.75. The maximum atomic E-state index is 6.04. The molecule has 3 heteroatoms. The number of methoxy groups -OCH3 is 1. The van der Waals surface area contributed by atoms with Gasteiger partial charge in [0.2, 0.25) is 0 Å². The van der Waals surface area contributed by atoms with E-state index >= 15 is 0 Å². The van der Waals surface area contributed by atoms with Gasteiger partial charge in [-0.15, -0.1) is 0 Å². The van der Waals surface area contributed by atoms with Crippen LogP contribution in [0.5, 0.6) is 5.75 Å². The van der Waals surface area contributed by atoms with E-state index in [9.17, 15) is 0 Å². The summed E-state index contributed by atoms with van der Waals surface area (Å²) in [4.78, 5) is 3.31. The van der Waals surface area contributed by atoms with Gasteiger partial charge in [-0.3, -0.25) is 0 Å². The lowest BCUT2D eigenvalue weighted by atomic mass is 9.90. The number of aromatic amines is 1. The Bertz CT molecular complexity index is 718. The van der Waals surface area contributed by atoms with E-state index in [0.29, 0.717) is 6.54 Å². The molecule has 0 aliphatic heterocycles. The van der Waals surface area contributed by atoms with E-state index in [1.54, 1.807) is 7.11 Å². The summed E-state index contributed by atoms with van der Waals surface area (Å²) in [6.07, 6.45) is 2.05. The molecule has 0 saturated carbocycles. The van der Waals surface area contributed by atoms with E-state index in [4.69, 9.17) is 10.5 Å². The van der Waals surface area contributed by atoms with Crippen LogP contribution in [0.25, 0.3) is 10.9 Å². The fraction of sp³-hybridized carbons (Fsp3) is 0.176. The molecule has 3 aromatic rings. The van der Waals surface area contributed by atoms with Gasteiger partial charge >= 0.3 is 0 Å². The maximum Gasteiger partial charge on any atom is 0.122 e. The second-order valence-corrected chi connectivity index (χ2v) is 4.82. The molecule has 0 aliphatic rings. The monoisotopic (exact) mass is 266 g/mol. The van der Waals surface area contributed by atoms with E-state index in [1.807, 2.05) is 24.3 Å². The summed E-state index contributed by atoms with van der Waals surface area (Å²) in [5.41, 5.74) is 9.52. The second kappa shape index (κ2) is 5.39. The molecule has 1 aromatic heterocycles. The Labute approximate surface area is 118 Å². The molecule has 3 N–H and O–H groups in total. The van der Waals surface area contributed by atoms with Crippen molar-refractivity contribution < 1.29 is 4.74 Å². The van der Waals surface area contributed by atoms with Crippen molar-refractivity contribution in [3.8, 4) is 5.75 Å². The van der Waals surface area contributed by atoms with Crippen LogP contribution in [-0.4, -0.2) is 18.6 Å². The Morgan fingerprint density at radius 2 is 1.80 bits per heavy atom. The molecule has 2 aromatic carbocycles. The third kappa shape index (κ3) is 2.06. The zero-order chi connectivity index (χ0) is 13.9. The molecule has 0 radical (unpaired) electrons. The van der Waals surface area contributed by atoms with Crippen molar-refractivity contribution in [2.45, 2.75) is 5.92 Å². The predicted molar refractivity (Wildman–Crippen MR) is 82.2 cm³/mol. The number of benzene rings is 2. The minimum atomic E-state index is 0.127. The summed E-state index contributed by atoms with van der Waals surface area (Å²) in [5, 5.41) is 1.22. The molecule has 0 spiro atoms. The number of H-pyrrole nitrogens is 1. The van der Waals surface area contributed by atoms with Crippen LogP contribution >= 0.6 is 0 Å². The minimum Gasteiger partial charge on any atom is -0.496 e. The Hall–Kier alpha value is -2.26. The largest absolute Gasteiger partial charge is 0.496 e. The summed E-state index contributed by atoms with van der Waals surface area (Å²) in [7, 11) is 1.70. The van der Waals surface area contributed by atoms with Crippen LogP contribution in [0.2, 0.25) is 0 Å². The highest BCUT2D eigenvalue weighted by Gasteiger charge is 2.19. The molecule has 0 amide bonds. The predicted octanol–water partition coefficient (Wildman–Crippen LogP) is 3.27. The molecule has 3 nitrogen and oxygen atoms in total. The lowest BCUT2D eigenvalue weighted by Gasteiger charge is -2.18. The lowest BCUT2D eigenvalue weighted by molar-refractivity contribution is 0.408. The molecular formula is C17H18N2O. The summed E-state index contributed by atoms with van der Waals surface area (Å²) >= 11 is 0. The summed E-state index contributed by atoms with van der Waals surface area (Å²) in [6.45, 7) is 0.544. The summed E-state index contributed by atoms with van der Waals surface area (Å²) in [6, 6.07) is 16.3. The van der Waals surface area contributed by atoms with Gasteiger partial charge < -0.3 is 15.5 Å². The van der Waals surface area contributed by atoms with E-state index < -0.39 is 0 Å². The molecule has 0 unspecified atom stereocenters. The summed E-state index contributed by atoms with van der Waals surface area (Å²) < 4.78 is 5.47. The number of nitrogens with two attached hydrogens (primary N) is 1. The lowest BCUT2D eigenvalue weighted by Crippen LogP contribution is -2.14. The van der Waals surface area contributed by atoms with E-state index in [-0.39, 0.29) is 5.92 Å². The smallest absolute Gasteiger partial charge is 0.122 e. The first-order chi connectivity index (χ1) is 9.85. The molecular weight excluding hydrogens is 248 g/mol. The van der Waals surface area contributed by atoms with E-state index in [1.165, 1.54) is 10.9 Å². The average Bonchev–Trinajstić information content (AvgIpc) is 2.93.